The van der Waals surface area contributed by atoms with Gasteiger partial charge in [0.25, 0.3) is 0 Å². The van der Waals surface area contributed by atoms with Crippen LogP contribution in [0.1, 0.15) is 92.5 Å². The van der Waals surface area contributed by atoms with Crippen LogP contribution in [-0.4, -0.2) is 18.3 Å². The molecule has 16 aromatic rings. The van der Waals surface area contributed by atoms with Crippen LogP contribution in [0, 0.1) is 0 Å². The molecule has 3 heterocycles. The van der Waals surface area contributed by atoms with E-state index in [1.165, 1.54) is 161 Å². The van der Waals surface area contributed by atoms with E-state index in [-0.39, 0.29) is 44.0 Å². The first kappa shape index (κ1) is 63.1. The maximum absolute atomic E-state index is 6.34. The van der Waals surface area contributed by atoms with Crippen molar-refractivity contribution in [1.29, 1.82) is 0 Å². The van der Waals surface area contributed by atoms with Crippen LogP contribution in [0.2, 0.25) is 0 Å². The van der Waals surface area contributed by atoms with Gasteiger partial charge in [-0.25, -0.2) is 0 Å². The van der Waals surface area contributed by atoms with E-state index in [9.17, 15) is 0 Å². The molecular weight excluding hydrogens is 1270 g/mol. The number of hydrogen-bond donors (Lipinski definition) is 0. The highest BCUT2D eigenvalue weighted by molar-refractivity contribution is 9.10. The molecule has 0 saturated carbocycles. The minimum atomic E-state index is -0.352. The molecule has 0 atom stereocenters. The Morgan fingerprint density at radius 1 is 0.292 bits per heavy atom. The lowest BCUT2D eigenvalue weighted by Gasteiger charge is -2.32. The normalized spacial score (nSPS) is 15.0. The molecule has 2 aliphatic carbocycles. The van der Waals surface area contributed by atoms with E-state index in [2.05, 4.69) is 338 Å². The zero-order chi connectivity index (χ0) is 64.0. The Balaban J connectivity index is 0.000000124. The molecule has 0 N–H and O–H groups in total. The molecule has 2 aromatic heterocycles. The van der Waals surface area contributed by atoms with E-state index in [1.54, 1.807) is 0 Å². The molecule has 470 valence electrons. The maximum Gasteiger partial charge on any atom is 0.494 e. The molecule has 0 amide bonds. The fraction of sp³-hybridized carbons (Fsp3) is 0.156. The first-order valence-corrected chi connectivity index (χ1v) is 35.1. The van der Waals surface area contributed by atoms with Gasteiger partial charge in [0, 0.05) is 55.6 Å². The Hall–Kier alpha value is -8.98. The standard InChI is InChI=1S/C41H28S.C29H29BO2.C18H11BrS.2CH4/c1-41(2)37-12-5-3-8-31(37)36-23-29-21-19-27-18-20-28(22-34(27)35(29)24-38(36)41)25-14-16-26(17-15-25)30-10-7-11-33-32-9-4-6-13-39(32)42-40(30)33;1-27(2)25-10-8-7-9-21(25)24-15-19-12-11-18-13-14-20(16-22(18)23(19)17-26(24)27)30-31-28(3,4)29(5,6)32-30;19-13-10-8-12(9-11-13)14-5-3-6-16-15-4-1-2-7-17(15)20-18(14)16;;/h3-24H,1-2H3;7-17H,1-6H3;1-11H;2*1H4. The molecule has 0 spiro atoms. The highest BCUT2D eigenvalue weighted by atomic mass is 79.9. The molecule has 0 unspecified atom stereocenters. The average Bonchev–Trinajstić information content (AvgIpc) is 1.55. The van der Waals surface area contributed by atoms with Crippen LogP contribution in [0.5, 0.6) is 0 Å². The Kier molecular flexibility index (Phi) is 15.6. The first-order valence-electron chi connectivity index (χ1n) is 32.7. The topological polar surface area (TPSA) is 18.5 Å². The quantitative estimate of drug-likeness (QED) is 0.129. The molecular formula is C90H76BBrO2S2. The fourth-order valence-corrected chi connectivity index (χ4v) is 18.0. The van der Waals surface area contributed by atoms with Gasteiger partial charge in [-0.05, 0) is 209 Å². The van der Waals surface area contributed by atoms with Gasteiger partial charge in [-0.3, -0.25) is 0 Å². The molecule has 0 bridgehead atoms. The Morgan fingerprint density at radius 3 is 1.18 bits per heavy atom. The van der Waals surface area contributed by atoms with Crippen molar-refractivity contribution in [2.45, 2.75) is 92.3 Å². The van der Waals surface area contributed by atoms with Crippen LogP contribution in [0.25, 0.3) is 139 Å². The Bertz CT molecular complexity index is 5750. The van der Waals surface area contributed by atoms with Crippen LogP contribution in [0.3, 0.4) is 0 Å². The van der Waals surface area contributed by atoms with Crippen molar-refractivity contribution in [1.82, 2.24) is 0 Å². The summed E-state index contributed by atoms with van der Waals surface area (Å²) in [5.74, 6) is 0. The number of hydrogen-bond acceptors (Lipinski definition) is 4. The van der Waals surface area contributed by atoms with Crippen molar-refractivity contribution in [2.24, 2.45) is 0 Å². The van der Waals surface area contributed by atoms with Crippen LogP contribution in [0.15, 0.2) is 271 Å². The third-order valence-corrected chi connectivity index (χ3v) is 24.1. The predicted molar refractivity (Wildman–Crippen MR) is 423 cm³/mol. The zero-order valence-corrected chi connectivity index (χ0v) is 57.2. The number of thiophene rings is 2. The molecule has 6 heteroatoms. The van der Waals surface area contributed by atoms with Crippen molar-refractivity contribution in [3.8, 4) is 55.6 Å². The first-order chi connectivity index (χ1) is 45.5. The van der Waals surface area contributed by atoms with Crippen LogP contribution in [-0.2, 0) is 20.1 Å². The number of halogens is 1. The fourth-order valence-electron chi connectivity index (χ4n) is 15.2. The van der Waals surface area contributed by atoms with Crippen molar-refractivity contribution in [3.05, 3.63) is 294 Å². The molecule has 1 aliphatic heterocycles. The van der Waals surface area contributed by atoms with Gasteiger partial charge in [-0.2, -0.15) is 0 Å². The summed E-state index contributed by atoms with van der Waals surface area (Å²) >= 11 is 7.26. The van der Waals surface area contributed by atoms with Crippen molar-refractivity contribution in [2.75, 3.05) is 0 Å². The van der Waals surface area contributed by atoms with E-state index in [0.717, 1.165) is 9.94 Å². The maximum atomic E-state index is 6.34. The molecule has 1 fully saturated rings. The summed E-state index contributed by atoms with van der Waals surface area (Å²) in [5, 5.41) is 15.7. The predicted octanol–water partition coefficient (Wildman–Crippen LogP) is 26.4. The van der Waals surface area contributed by atoms with Gasteiger partial charge in [0.15, 0.2) is 0 Å². The SMILES string of the molecule is Brc1ccc(-c2cccc3c2sc2ccccc23)cc1.C.C.CC1(C)c2ccccc2-c2cc3ccc4ccc(-c5ccc(-c6cccc7c6sc6ccccc67)cc5)cc4c3cc21.CC1(C)c2ccccc2-c2cc3ccc4ccc(B5OC(C)(C)C(C)(C)O5)cc4c3cc21. The van der Waals surface area contributed by atoms with E-state index in [0.29, 0.717) is 0 Å². The summed E-state index contributed by atoms with van der Waals surface area (Å²) in [4.78, 5) is 0. The molecule has 0 radical (unpaired) electrons. The van der Waals surface area contributed by atoms with E-state index < -0.39 is 0 Å². The highest BCUT2D eigenvalue weighted by Crippen LogP contribution is 2.53. The summed E-state index contributed by atoms with van der Waals surface area (Å²) in [6, 6.07) is 98.3. The lowest BCUT2D eigenvalue weighted by molar-refractivity contribution is 0.00578. The summed E-state index contributed by atoms with van der Waals surface area (Å²) in [6.07, 6.45) is 0. The Labute approximate surface area is 581 Å². The molecule has 96 heavy (non-hydrogen) atoms. The average molecular weight is 1340 g/mol. The number of fused-ring (bicyclic) bond motifs is 18. The van der Waals surface area contributed by atoms with Gasteiger partial charge in [-0.1, -0.05) is 271 Å². The lowest BCUT2D eigenvalue weighted by Crippen LogP contribution is -2.41. The van der Waals surface area contributed by atoms with Gasteiger partial charge < -0.3 is 9.31 Å². The van der Waals surface area contributed by atoms with E-state index >= 15 is 0 Å². The van der Waals surface area contributed by atoms with Crippen LogP contribution in [0.4, 0.5) is 0 Å². The van der Waals surface area contributed by atoms with Crippen molar-refractivity contribution in [3.63, 3.8) is 0 Å². The smallest absolute Gasteiger partial charge is 0.399 e. The van der Waals surface area contributed by atoms with Gasteiger partial charge in [0.2, 0.25) is 0 Å². The minimum Gasteiger partial charge on any atom is -0.399 e. The molecule has 1 saturated heterocycles. The molecule has 2 nitrogen and oxygen atoms in total. The van der Waals surface area contributed by atoms with Crippen molar-refractivity contribution >= 4 is 135 Å². The second kappa shape index (κ2) is 23.7. The number of benzene rings is 14. The van der Waals surface area contributed by atoms with E-state index in [4.69, 9.17) is 9.31 Å². The van der Waals surface area contributed by atoms with Crippen molar-refractivity contribution < 1.29 is 9.31 Å². The highest BCUT2D eigenvalue weighted by Gasteiger charge is 2.52. The second-order valence-electron chi connectivity index (χ2n) is 27.9. The van der Waals surface area contributed by atoms with Gasteiger partial charge in [0.1, 0.15) is 0 Å². The molecule has 19 rings (SSSR count). The molecule has 14 aromatic carbocycles. The van der Waals surface area contributed by atoms with E-state index in [1.807, 2.05) is 22.7 Å². The minimum absolute atomic E-state index is 0. The summed E-state index contributed by atoms with van der Waals surface area (Å²) in [6.45, 7) is 17.8. The van der Waals surface area contributed by atoms with Gasteiger partial charge in [-0.15, -0.1) is 22.7 Å². The van der Waals surface area contributed by atoms with Crippen LogP contribution < -0.4 is 5.46 Å². The van der Waals surface area contributed by atoms with Gasteiger partial charge in [0.05, 0.1) is 11.2 Å². The van der Waals surface area contributed by atoms with Gasteiger partial charge >= 0.3 is 7.12 Å². The zero-order valence-electron chi connectivity index (χ0n) is 54.0. The summed E-state index contributed by atoms with van der Waals surface area (Å²) in [7, 11) is -0.352. The second-order valence-corrected chi connectivity index (χ2v) is 30.9. The lowest BCUT2D eigenvalue weighted by atomic mass is 9.77. The Morgan fingerprint density at radius 2 is 0.667 bits per heavy atom. The number of rotatable bonds is 4. The monoisotopic (exact) mass is 1340 g/mol. The summed E-state index contributed by atoms with van der Waals surface area (Å²) in [5.41, 5.74) is 19.2. The largest absolute Gasteiger partial charge is 0.494 e. The molecule has 3 aliphatic rings. The van der Waals surface area contributed by atoms with Crippen LogP contribution >= 0.6 is 38.6 Å². The third kappa shape index (κ3) is 10.2. The third-order valence-electron chi connectivity index (χ3n) is 21.1. The summed E-state index contributed by atoms with van der Waals surface area (Å²) < 4.78 is 19.2.